The van der Waals surface area contributed by atoms with E-state index >= 15 is 0 Å². The zero-order valence-electron chi connectivity index (χ0n) is 12.5. The van der Waals surface area contributed by atoms with E-state index in [0.29, 0.717) is 0 Å². The summed E-state index contributed by atoms with van der Waals surface area (Å²) < 4.78 is 13.1. The smallest absolute Gasteiger partial charge is 0.126 e. The molecule has 1 saturated heterocycles. The van der Waals surface area contributed by atoms with Crippen molar-refractivity contribution < 1.29 is 9.47 Å². The Hall–Kier alpha value is -0.580. The molecule has 0 amide bonds. The summed E-state index contributed by atoms with van der Waals surface area (Å²) in [6.45, 7) is 5.14. The maximum atomic E-state index is 6.20. The fraction of sp³-hybridized carbons (Fsp3) is 0.647. The maximum Gasteiger partial charge on any atom is 0.126 e. The Kier molecular flexibility index (Phi) is 5.55. The van der Waals surface area contributed by atoms with Crippen LogP contribution in [0.4, 0.5) is 0 Å². The van der Waals surface area contributed by atoms with E-state index in [9.17, 15) is 0 Å². The molecule has 21 heavy (non-hydrogen) atoms. The summed E-state index contributed by atoms with van der Waals surface area (Å²) in [5.74, 6) is 0.977. The van der Waals surface area contributed by atoms with Crippen molar-refractivity contribution in [3.8, 4) is 5.75 Å². The van der Waals surface area contributed by atoms with Gasteiger partial charge in [-0.05, 0) is 50.9 Å². The van der Waals surface area contributed by atoms with Crippen molar-refractivity contribution >= 4 is 15.9 Å². The summed E-state index contributed by atoms with van der Waals surface area (Å²) in [6, 6.07) is 6.27. The zero-order valence-corrected chi connectivity index (χ0v) is 14.1. The van der Waals surface area contributed by atoms with Crippen molar-refractivity contribution in [2.75, 3.05) is 32.8 Å². The van der Waals surface area contributed by atoms with Crippen LogP contribution in [0.25, 0.3) is 0 Å². The van der Waals surface area contributed by atoms with Gasteiger partial charge in [-0.2, -0.15) is 0 Å². The van der Waals surface area contributed by atoms with E-state index in [4.69, 9.17) is 9.47 Å². The van der Waals surface area contributed by atoms with Crippen LogP contribution in [-0.2, 0) is 4.74 Å². The maximum absolute atomic E-state index is 6.20. The van der Waals surface area contributed by atoms with Crippen molar-refractivity contribution in [3.63, 3.8) is 0 Å². The topological polar surface area (TPSA) is 21.7 Å². The van der Waals surface area contributed by atoms with E-state index in [1.807, 2.05) is 0 Å². The number of fused-ring (bicyclic) bond motifs is 1. The summed E-state index contributed by atoms with van der Waals surface area (Å²) in [6.07, 6.45) is 6.36. The van der Waals surface area contributed by atoms with Gasteiger partial charge in [0.2, 0.25) is 0 Å². The van der Waals surface area contributed by atoms with Gasteiger partial charge in [0.15, 0.2) is 0 Å². The lowest BCUT2D eigenvalue weighted by molar-refractivity contribution is 0.0290. The van der Waals surface area contributed by atoms with Crippen molar-refractivity contribution in [1.29, 1.82) is 0 Å². The highest BCUT2D eigenvalue weighted by Gasteiger charge is 2.21. The van der Waals surface area contributed by atoms with Crippen molar-refractivity contribution in [1.82, 2.24) is 4.90 Å². The largest absolute Gasteiger partial charge is 0.493 e. The number of ether oxygens (including phenoxy) is 2. The molecule has 3 nitrogen and oxygen atoms in total. The molecule has 2 aliphatic rings. The van der Waals surface area contributed by atoms with E-state index in [2.05, 4.69) is 39.0 Å². The van der Waals surface area contributed by atoms with Crippen LogP contribution in [0.5, 0.6) is 5.75 Å². The van der Waals surface area contributed by atoms with Crippen LogP contribution in [0.1, 0.15) is 43.8 Å². The Morgan fingerprint density at radius 3 is 2.90 bits per heavy atom. The molecule has 2 aliphatic heterocycles. The molecule has 2 heterocycles. The van der Waals surface area contributed by atoms with E-state index in [1.54, 1.807) is 0 Å². The van der Waals surface area contributed by atoms with Gasteiger partial charge in [0.1, 0.15) is 5.75 Å². The summed E-state index contributed by atoms with van der Waals surface area (Å²) in [5.41, 5.74) is 1.20. The molecule has 0 radical (unpaired) electrons. The second-order valence-electron chi connectivity index (χ2n) is 5.93. The standard InChI is InChI=1S/C17H24BrNO2/c18-14-6-7-15-16(5-4-11-20-17(15)13-14)21-12-10-19-8-2-1-3-9-19/h6-7,13,16H,1-5,8-12H2. The predicted octanol–water partition coefficient (Wildman–Crippen LogP) is 4.17. The first kappa shape index (κ1) is 15.3. The van der Waals surface area contributed by atoms with Crippen LogP contribution < -0.4 is 4.74 Å². The Morgan fingerprint density at radius 2 is 2.05 bits per heavy atom. The molecular formula is C17H24BrNO2. The van der Waals surface area contributed by atoms with Crippen LogP contribution >= 0.6 is 15.9 Å². The quantitative estimate of drug-likeness (QED) is 0.810. The van der Waals surface area contributed by atoms with Gasteiger partial charge >= 0.3 is 0 Å². The molecule has 0 spiro atoms. The third kappa shape index (κ3) is 4.21. The number of hydrogen-bond donors (Lipinski definition) is 0. The first-order valence-corrected chi connectivity index (χ1v) is 8.88. The Balaban J connectivity index is 1.57. The molecule has 0 saturated carbocycles. The van der Waals surface area contributed by atoms with Gasteiger partial charge < -0.3 is 14.4 Å². The third-order valence-electron chi connectivity index (χ3n) is 4.37. The van der Waals surface area contributed by atoms with Crippen LogP contribution in [0, 0.1) is 0 Å². The minimum Gasteiger partial charge on any atom is -0.493 e. The van der Waals surface area contributed by atoms with E-state index < -0.39 is 0 Å². The molecule has 1 fully saturated rings. The SMILES string of the molecule is Brc1ccc2c(c1)OCCCC2OCCN1CCCCC1. The molecule has 0 aromatic heterocycles. The second kappa shape index (κ2) is 7.61. The predicted molar refractivity (Wildman–Crippen MR) is 87.9 cm³/mol. The zero-order chi connectivity index (χ0) is 14.5. The number of nitrogens with zero attached hydrogens (tertiary/aromatic N) is 1. The molecular weight excluding hydrogens is 330 g/mol. The first-order valence-electron chi connectivity index (χ1n) is 8.09. The molecule has 3 rings (SSSR count). The number of piperidine rings is 1. The Morgan fingerprint density at radius 1 is 1.19 bits per heavy atom. The number of rotatable bonds is 4. The van der Waals surface area contributed by atoms with Crippen LogP contribution in [-0.4, -0.2) is 37.7 Å². The van der Waals surface area contributed by atoms with Gasteiger partial charge in [0, 0.05) is 16.6 Å². The van der Waals surface area contributed by atoms with Crippen molar-refractivity contribution in [2.24, 2.45) is 0 Å². The molecule has 1 aromatic rings. The third-order valence-corrected chi connectivity index (χ3v) is 4.86. The number of benzene rings is 1. The minimum atomic E-state index is 0.181. The summed E-state index contributed by atoms with van der Waals surface area (Å²) >= 11 is 3.51. The van der Waals surface area contributed by atoms with Crippen molar-refractivity contribution in [3.05, 3.63) is 28.2 Å². The average molecular weight is 354 g/mol. The number of hydrogen-bond acceptors (Lipinski definition) is 3. The average Bonchev–Trinajstić information content (AvgIpc) is 2.70. The van der Waals surface area contributed by atoms with Gasteiger partial charge in [-0.3, -0.25) is 0 Å². The molecule has 1 aromatic carbocycles. The molecule has 116 valence electrons. The van der Waals surface area contributed by atoms with Crippen LogP contribution in [0.2, 0.25) is 0 Å². The van der Waals surface area contributed by atoms with E-state index in [1.165, 1.54) is 37.9 Å². The van der Waals surface area contributed by atoms with E-state index in [0.717, 1.165) is 42.8 Å². The summed E-state index contributed by atoms with van der Waals surface area (Å²) in [4.78, 5) is 2.53. The molecule has 1 unspecified atom stereocenters. The van der Waals surface area contributed by atoms with Gasteiger partial charge in [0.25, 0.3) is 0 Å². The summed E-state index contributed by atoms with van der Waals surface area (Å²) in [5, 5.41) is 0. The fourth-order valence-electron chi connectivity index (χ4n) is 3.19. The second-order valence-corrected chi connectivity index (χ2v) is 6.85. The highest BCUT2D eigenvalue weighted by Crippen LogP contribution is 2.35. The summed E-state index contributed by atoms with van der Waals surface area (Å²) in [7, 11) is 0. The normalized spacial score (nSPS) is 23.2. The van der Waals surface area contributed by atoms with Crippen LogP contribution in [0.15, 0.2) is 22.7 Å². The Labute approximate surface area is 135 Å². The van der Waals surface area contributed by atoms with Gasteiger partial charge in [-0.25, -0.2) is 0 Å². The molecule has 0 N–H and O–H groups in total. The molecule has 4 heteroatoms. The number of likely N-dealkylation sites (tertiary alicyclic amines) is 1. The van der Waals surface area contributed by atoms with Gasteiger partial charge in [-0.15, -0.1) is 0 Å². The lowest BCUT2D eigenvalue weighted by Gasteiger charge is -2.27. The van der Waals surface area contributed by atoms with Crippen LogP contribution in [0.3, 0.4) is 0 Å². The lowest BCUT2D eigenvalue weighted by Crippen LogP contribution is -2.32. The highest BCUT2D eigenvalue weighted by molar-refractivity contribution is 9.10. The minimum absolute atomic E-state index is 0.181. The number of halogens is 1. The molecule has 0 bridgehead atoms. The Bertz CT molecular complexity index is 460. The van der Waals surface area contributed by atoms with E-state index in [-0.39, 0.29) is 6.10 Å². The van der Waals surface area contributed by atoms with Gasteiger partial charge in [0.05, 0.1) is 19.3 Å². The van der Waals surface area contributed by atoms with Crippen molar-refractivity contribution in [2.45, 2.75) is 38.2 Å². The first-order chi connectivity index (χ1) is 10.3. The molecule has 1 atom stereocenters. The highest BCUT2D eigenvalue weighted by atomic mass is 79.9. The van der Waals surface area contributed by atoms with Gasteiger partial charge in [-0.1, -0.05) is 28.4 Å². The lowest BCUT2D eigenvalue weighted by atomic mass is 10.1. The monoisotopic (exact) mass is 353 g/mol. The molecule has 0 aliphatic carbocycles. The fourth-order valence-corrected chi connectivity index (χ4v) is 3.53.